The van der Waals surface area contributed by atoms with Gasteiger partial charge in [0.25, 0.3) is 0 Å². The Bertz CT molecular complexity index is 328. The van der Waals surface area contributed by atoms with Crippen molar-refractivity contribution in [2.45, 2.75) is 66.0 Å². The Kier molecular flexibility index (Phi) is 5.53. The Labute approximate surface area is 116 Å². The van der Waals surface area contributed by atoms with Crippen LogP contribution in [-0.2, 0) is 14.3 Å². The highest BCUT2D eigenvalue weighted by Crippen LogP contribution is 2.25. The number of nitrogens with zero attached hydrogens (tertiary/aromatic N) is 1. The largest absolute Gasteiger partial charge is 0.465 e. The Hall–Kier alpha value is -0.900. The molecular weight excluding hydrogens is 242 g/mol. The fourth-order valence-electron chi connectivity index (χ4n) is 2.58. The highest BCUT2D eigenvalue weighted by molar-refractivity contribution is 6.03. The minimum atomic E-state index is -1.05. The van der Waals surface area contributed by atoms with E-state index in [0.717, 1.165) is 12.8 Å². The van der Waals surface area contributed by atoms with E-state index in [1.165, 1.54) is 6.42 Å². The van der Waals surface area contributed by atoms with Crippen molar-refractivity contribution in [3.8, 4) is 0 Å². The lowest BCUT2D eigenvalue weighted by Crippen LogP contribution is -2.50. The molecule has 0 spiro atoms. The number of piperidine rings is 1. The molecule has 2 unspecified atom stereocenters. The molecule has 4 heteroatoms. The molecule has 1 saturated heterocycles. The highest BCUT2D eigenvalue weighted by atomic mass is 16.5. The second-order valence-electron chi connectivity index (χ2n) is 6.07. The van der Waals surface area contributed by atoms with Crippen LogP contribution in [0, 0.1) is 5.41 Å². The lowest BCUT2D eigenvalue weighted by Gasteiger charge is -2.39. The van der Waals surface area contributed by atoms with Crippen molar-refractivity contribution in [2.75, 3.05) is 13.2 Å². The van der Waals surface area contributed by atoms with E-state index in [1.807, 2.05) is 0 Å². The molecule has 0 aromatic carbocycles. The van der Waals surface area contributed by atoms with Gasteiger partial charge < -0.3 is 4.74 Å². The molecule has 0 N–H and O–H groups in total. The average molecular weight is 269 g/mol. The lowest BCUT2D eigenvalue weighted by atomic mass is 9.86. The zero-order chi connectivity index (χ0) is 14.6. The molecule has 1 aliphatic heterocycles. The van der Waals surface area contributed by atoms with Gasteiger partial charge in [-0.15, -0.1) is 0 Å². The quantitative estimate of drug-likeness (QED) is 0.568. The van der Waals surface area contributed by atoms with Gasteiger partial charge in [-0.3, -0.25) is 14.5 Å². The molecule has 1 fully saturated rings. The third kappa shape index (κ3) is 3.78. The van der Waals surface area contributed by atoms with Crippen molar-refractivity contribution < 1.29 is 14.3 Å². The number of likely N-dealkylation sites (tertiary alicyclic amines) is 1. The van der Waals surface area contributed by atoms with E-state index in [9.17, 15) is 9.59 Å². The Morgan fingerprint density at radius 2 is 1.74 bits per heavy atom. The van der Waals surface area contributed by atoms with Gasteiger partial charge in [0.05, 0.1) is 13.2 Å². The summed E-state index contributed by atoms with van der Waals surface area (Å²) in [5, 5.41) is 0. The third-order valence-corrected chi connectivity index (χ3v) is 4.19. The number of Topliss-reactive ketones (excluding diaryl/α,β-unsaturated/α-hetero) is 1. The van der Waals surface area contributed by atoms with Crippen molar-refractivity contribution in [3.63, 3.8) is 0 Å². The van der Waals surface area contributed by atoms with E-state index < -0.39 is 11.4 Å². The van der Waals surface area contributed by atoms with Crippen molar-refractivity contribution in [3.05, 3.63) is 0 Å². The van der Waals surface area contributed by atoms with Crippen LogP contribution in [0.15, 0.2) is 0 Å². The summed E-state index contributed by atoms with van der Waals surface area (Å²) in [4.78, 5) is 26.5. The predicted molar refractivity (Wildman–Crippen MR) is 74.9 cm³/mol. The molecule has 1 aliphatic rings. The van der Waals surface area contributed by atoms with Crippen LogP contribution in [0.4, 0.5) is 0 Å². The molecule has 0 aliphatic carbocycles. The average Bonchev–Trinajstić information content (AvgIpc) is 2.34. The second kappa shape index (κ2) is 6.51. The molecule has 2 atom stereocenters. The maximum absolute atomic E-state index is 12.4. The van der Waals surface area contributed by atoms with Crippen LogP contribution < -0.4 is 0 Å². The summed E-state index contributed by atoms with van der Waals surface area (Å²) in [7, 11) is 0. The van der Waals surface area contributed by atoms with Gasteiger partial charge in [0.1, 0.15) is 5.41 Å². The van der Waals surface area contributed by atoms with Crippen molar-refractivity contribution in [1.29, 1.82) is 0 Å². The monoisotopic (exact) mass is 269 g/mol. The first kappa shape index (κ1) is 16.2. The summed E-state index contributed by atoms with van der Waals surface area (Å²) in [5.74, 6) is -0.469. The fourth-order valence-corrected chi connectivity index (χ4v) is 2.58. The molecule has 0 saturated carbocycles. The zero-order valence-electron chi connectivity index (χ0n) is 12.9. The van der Waals surface area contributed by atoms with E-state index in [0.29, 0.717) is 25.2 Å². The molecule has 19 heavy (non-hydrogen) atoms. The molecule has 4 nitrogen and oxygen atoms in total. The zero-order valence-corrected chi connectivity index (χ0v) is 12.9. The number of hydrogen-bond acceptors (Lipinski definition) is 4. The van der Waals surface area contributed by atoms with Crippen LogP contribution >= 0.6 is 0 Å². The SMILES string of the molecule is CCOC(=O)C(C)(C)C(=O)CN1C(C)CCCC1C. The van der Waals surface area contributed by atoms with Gasteiger partial charge in [-0.25, -0.2) is 0 Å². The van der Waals surface area contributed by atoms with Gasteiger partial charge in [0.2, 0.25) is 0 Å². The first-order valence-corrected chi connectivity index (χ1v) is 7.27. The molecule has 110 valence electrons. The molecule has 0 bridgehead atoms. The van der Waals surface area contributed by atoms with E-state index in [1.54, 1.807) is 20.8 Å². The lowest BCUT2D eigenvalue weighted by molar-refractivity contribution is -0.158. The van der Waals surface area contributed by atoms with E-state index in [4.69, 9.17) is 4.74 Å². The first-order valence-electron chi connectivity index (χ1n) is 7.27. The third-order valence-electron chi connectivity index (χ3n) is 4.19. The number of rotatable bonds is 5. The highest BCUT2D eigenvalue weighted by Gasteiger charge is 2.39. The van der Waals surface area contributed by atoms with Crippen LogP contribution in [0.5, 0.6) is 0 Å². The Morgan fingerprint density at radius 1 is 1.21 bits per heavy atom. The molecular formula is C15H27NO3. The van der Waals surface area contributed by atoms with Crippen LogP contribution in [0.2, 0.25) is 0 Å². The Morgan fingerprint density at radius 3 is 2.21 bits per heavy atom. The van der Waals surface area contributed by atoms with Crippen molar-refractivity contribution in [1.82, 2.24) is 4.90 Å². The summed E-state index contributed by atoms with van der Waals surface area (Å²) in [6.45, 7) is 10.0. The summed E-state index contributed by atoms with van der Waals surface area (Å²) >= 11 is 0. The molecule has 0 radical (unpaired) electrons. The van der Waals surface area contributed by atoms with Crippen LogP contribution in [0.3, 0.4) is 0 Å². The minimum absolute atomic E-state index is 0.0495. The van der Waals surface area contributed by atoms with Gasteiger partial charge in [-0.2, -0.15) is 0 Å². The topological polar surface area (TPSA) is 46.6 Å². The van der Waals surface area contributed by atoms with Crippen LogP contribution in [0.1, 0.15) is 53.9 Å². The number of hydrogen-bond donors (Lipinski definition) is 0. The number of carbonyl (C=O) groups excluding carboxylic acids is 2. The van der Waals surface area contributed by atoms with Gasteiger partial charge in [0.15, 0.2) is 5.78 Å². The number of esters is 1. The number of ether oxygens (including phenoxy) is 1. The fraction of sp³-hybridized carbons (Fsp3) is 0.867. The van der Waals surface area contributed by atoms with Gasteiger partial charge in [-0.1, -0.05) is 6.42 Å². The second-order valence-corrected chi connectivity index (χ2v) is 6.07. The summed E-state index contributed by atoms with van der Waals surface area (Å²) in [5.41, 5.74) is -1.05. The number of ketones is 1. The number of carbonyl (C=O) groups is 2. The van der Waals surface area contributed by atoms with Crippen LogP contribution in [0.25, 0.3) is 0 Å². The molecule has 0 amide bonds. The molecule has 1 rings (SSSR count). The van der Waals surface area contributed by atoms with Gasteiger partial charge >= 0.3 is 5.97 Å². The van der Waals surface area contributed by atoms with Crippen molar-refractivity contribution in [2.24, 2.45) is 5.41 Å². The van der Waals surface area contributed by atoms with E-state index in [-0.39, 0.29) is 5.78 Å². The molecule has 0 aromatic heterocycles. The maximum atomic E-state index is 12.4. The summed E-state index contributed by atoms with van der Waals surface area (Å²) in [6.07, 6.45) is 3.46. The van der Waals surface area contributed by atoms with E-state index >= 15 is 0 Å². The Balaban J connectivity index is 2.69. The van der Waals surface area contributed by atoms with Crippen LogP contribution in [-0.4, -0.2) is 41.9 Å². The smallest absolute Gasteiger partial charge is 0.319 e. The molecule has 1 heterocycles. The van der Waals surface area contributed by atoms with Crippen molar-refractivity contribution >= 4 is 11.8 Å². The normalized spacial score (nSPS) is 25.1. The minimum Gasteiger partial charge on any atom is -0.465 e. The first-order chi connectivity index (χ1) is 8.80. The summed E-state index contributed by atoms with van der Waals surface area (Å²) in [6, 6.07) is 0.816. The summed E-state index contributed by atoms with van der Waals surface area (Å²) < 4.78 is 4.99. The maximum Gasteiger partial charge on any atom is 0.319 e. The van der Waals surface area contributed by atoms with E-state index in [2.05, 4.69) is 18.7 Å². The molecule has 0 aromatic rings. The van der Waals surface area contributed by atoms with Gasteiger partial charge in [-0.05, 0) is 47.5 Å². The predicted octanol–water partition coefficient (Wildman–Crippen LogP) is 2.41. The standard InChI is InChI=1S/C15H27NO3/c1-6-19-14(18)15(4,5)13(17)10-16-11(2)8-7-9-12(16)3/h11-12H,6-10H2,1-5H3. The van der Waals surface area contributed by atoms with Gasteiger partial charge in [0, 0.05) is 12.1 Å².